The Morgan fingerprint density at radius 3 is 2.58 bits per heavy atom. The fourth-order valence-electron chi connectivity index (χ4n) is 2.65. The molecule has 1 heterocycles. The van der Waals surface area contributed by atoms with Gasteiger partial charge in [0.1, 0.15) is 23.7 Å². The Hall–Kier alpha value is -2.04. The van der Waals surface area contributed by atoms with Crippen molar-refractivity contribution in [2.45, 2.75) is 52.2 Å². The van der Waals surface area contributed by atoms with Crippen molar-refractivity contribution in [2.24, 2.45) is 5.92 Å². The highest BCUT2D eigenvalue weighted by Gasteiger charge is 2.38. The van der Waals surface area contributed by atoms with Crippen LogP contribution in [0.5, 0.6) is 5.75 Å². The van der Waals surface area contributed by atoms with E-state index in [-0.39, 0.29) is 12.0 Å². The van der Waals surface area contributed by atoms with Crippen LogP contribution in [0.1, 0.15) is 46.1 Å². The van der Waals surface area contributed by atoms with Crippen molar-refractivity contribution in [3.05, 3.63) is 29.8 Å². The molecule has 132 valence electrons. The molecule has 0 saturated carbocycles. The van der Waals surface area contributed by atoms with E-state index in [1.54, 1.807) is 4.90 Å². The summed E-state index contributed by atoms with van der Waals surface area (Å²) in [6, 6.07) is 7.87. The molecule has 5 nitrogen and oxygen atoms in total. The van der Waals surface area contributed by atoms with Crippen LogP contribution in [0.15, 0.2) is 24.3 Å². The van der Waals surface area contributed by atoms with E-state index in [1.807, 2.05) is 39.0 Å². The molecule has 1 aliphatic heterocycles. The summed E-state index contributed by atoms with van der Waals surface area (Å²) >= 11 is 0. The number of carbonyl (C=O) groups is 2. The number of hydrogen-bond acceptors (Lipinski definition) is 4. The lowest BCUT2D eigenvalue weighted by molar-refractivity contribution is -0.112. The van der Waals surface area contributed by atoms with Crippen molar-refractivity contribution >= 4 is 12.4 Å². The second-order valence-corrected chi connectivity index (χ2v) is 7.57. The highest BCUT2D eigenvalue weighted by Crippen LogP contribution is 2.26. The van der Waals surface area contributed by atoms with Crippen LogP contribution in [0, 0.1) is 5.92 Å². The standard InChI is InChI=1S/C19H27NO4/c1-13(2)14-7-6-8-16(9-14)23-17-11-20(10-15(17)12-21)18(22)24-19(3,4)5/h6-9,12-13,15,17H,10-11H2,1-5H3/t15-,17-/m0/s1. The summed E-state index contributed by atoms with van der Waals surface area (Å²) in [6.07, 6.45) is 0.107. The summed E-state index contributed by atoms with van der Waals surface area (Å²) in [5.74, 6) is 0.779. The highest BCUT2D eigenvalue weighted by molar-refractivity contribution is 5.70. The van der Waals surface area contributed by atoms with E-state index in [9.17, 15) is 9.59 Å². The highest BCUT2D eigenvalue weighted by atomic mass is 16.6. The largest absolute Gasteiger partial charge is 0.488 e. The predicted octanol–water partition coefficient (Wildman–Crippen LogP) is 3.62. The van der Waals surface area contributed by atoms with Gasteiger partial charge in [-0.15, -0.1) is 0 Å². The van der Waals surface area contributed by atoms with Crippen LogP contribution < -0.4 is 4.74 Å². The van der Waals surface area contributed by atoms with E-state index >= 15 is 0 Å². The van der Waals surface area contributed by atoms with Crippen LogP contribution >= 0.6 is 0 Å². The first kappa shape index (κ1) is 18.3. The number of nitrogens with zero attached hydrogens (tertiary/aromatic N) is 1. The average Bonchev–Trinajstić information content (AvgIpc) is 2.89. The molecule has 0 spiro atoms. The van der Waals surface area contributed by atoms with Gasteiger partial charge in [0.15, 0.2) is 0 Å². The van der Waals surface area contributed by atoms with Gasteiger partial charge in [-0.2, -0.15) is 0 Å². The minimum Gasteiger partial charge on any atom is -0.488 e. The Labute approximate surface area is 143 Å². The van der Waals surface area contributed by atoms with E-state index in [4.69, 9.17) is 9.47 Å². The molecule has 0 N–H and O–H groups in total. The number of ether oxygens (including phenoxy) is 2. The normalized spacial score (nSPS) is 21.0. The molecular weight excluding hydrogens is 306 g/mol. The summed E-state index contributed by atoms with van der Waals surface area (Å²) < 4.78 is 11.4. The quantitative estimate of drug-likeness (QED) is 0.790. The molecule has 1 aromatic rings. The third-order valence-corrected chi connectivity index (χ3v) is 3.95. The second kappa shape index (κ2) is 7.24. The molecule has 1 aliphatic rings. The Morgan fingerprint density at radius 2 is 2.00 bits per heavy atom. The van der Waals surface area contributed by atoms with Crippen LogP contribution in [0.3, 0.4) is 0 Å². The first-order valence-corrected chi connectivity index (χ1v) is 8.39. The van der Waals surface area contributed by atoms with Crippen LogP contribution in [0.25, 0.3) is 0 Å². The molecular formula is C19H27NO4. The molecule has 5 heteroatoms. The number of aldehydes is 1. The lowest BCUT2D eigenvalue weighted by Gasteiger charge is -2.24. The van der Waals surface area contributed by atoms with Crippen molar-refractivity contribution in [3.63, 3.8) is 0 Å². The van der Waals surface area contributed by atoms with Crippen LogP contribution in [0.4, 0.5) is 4.79 Å². The molecule has 0 radical (unpaired) electrons. The summed E-state index contributed by atoms with van der Waals surface area (Å²) in [7, 11) is 0. The number of benzene rings is 1. The third-order valence-electron chi connectivity index (χ3n) is 3.95. The molecule has 0 aromatic heterocycles. The van der Waals surface area contributed by atoms with Crippen molar-refractivity contribution in [3.8, 4) is 5.75 Å². The van der Waals surface area contributed by atoms with Gasteiger partial charge in [-0.05, 0) is 44.4 Å². The molecule has 1 fully saturated rings. The van der Waals surface area contributed by atoms with Crippen LogP contribution in [0.2, 0.25) is 0 Å². The van der Waals surface area contributed by atoms with Crippen molar-refractivity contribution in [2.75, 3.05) is 13.1 Å². The van der Waals surface area contributed by atoms with Gasteiger partial charge < -0.3 is 19.2 Å². The predicted molar refractivity (Wildman–Crippen MR) is 92.3 cm³/mol. The molecule has 1 aromatic carbocycles. The fraction of sp³-hybridized carbons (Fsp3) is 0.579. The molecule has 0 unspecified atom stereocenters. The third kappa shape index (κ3) is 4.73. The SMILES string of the molecule is CC(C)c1cccc(O[C@H]2CN(C(=O)OC(C)(C)C)C[C@H]2C=O)c1. The van der Waals surface area contributed by atoms with Gasteiger partial charge in [0.25, 0.3) is 0 Å². The number of rotatable bonds is 4. The minimum atomic E-state index is -0.557. The van der Waals surface area contributed by atoms with Gasteiger partial charge >= 0.3 is 6.09 Å². The molecule has 0 bridgehead atoms. The lowest BCUT2D eigenvalue weighted by atomic mass is 10.0. The second-order valence-electron chi connectivity index (χ2n) is 7.57. The van der Waals surface area contributed by atoms with E-state index < -0.39 is 11.7 Å². The maximum Gasteiger partial charge on any atom is 0.410 e. The summed E-state index contributed by atoms with van der Waals surface area (Å²) in [4.78, 5) is 25.1. The van der Waals surface area contributed by atoms with Gasteiger partial charge in [0.05, 0.1) is 12.5 Å². The number of likely N-dealkylation sites (tertiary alicyclic amines) is 1. The molecule has 1 saturated heterocycles. The Kier molecular flexibility index (Phi) is 5.52. The summed E-state index contributed by atoms with van der Waals surface area (Å²) in [6.45, 7) is 10.4. The molecule has 2 atom stereocenters. The molecule has 0 aliphatic carbocycles. The Balaban J connectivity index is 2.06. The maximum atomic E-state index is 12.2. The van der Waals surface area contributed by atoms with Gasteiger partial charge in [-0.1, -0.05) is 26.0 Å². The van der Waals surface area contributed by atoms with Crippen molar-refractivity contribution in [1.29, 1.82) is 0 Å². The van der Waals surface area contributed by atoms with Gasteiger partial charge in [-0.3, -0.25) is 0 Å². The molecule has 2 rings (SSSR count). The average molecular weight is 333 g/mol. The van der Waals surface area contributed by atoms with Gasteiger partial charge in [0.2, 0.25) is 0 Å². The number of carbonyl (C=O) groups excluding carboxylic acids is 2. The van der Waals surface area contributed by atoms with Crippen LogP contribution in [-0.2, 0) is 9.53 Å². The lowest BCUT2D eigenvalue weighted by Crippen LogP contribution is -2.36. The smallest absolute Gasteiger partial charge is 0.410 e. The van der Waals surface area contributed by atoms with Gasteiger partial charge in [0, 0.05) is 6.54 Å². The first-order valence-electron chi connectivity index (χ1n) is 8.39. The monoisotopic (exact) mass is 333 g/mol. The zero-order chi connectivity index (χ0) is 17.9. The van der Waals surface area contributed by atoms with E-state index in [0.29, 0.717) is 19.0 Å². The molecule has 1 amide bonds. The van der Waals surface area contributed by atoms with Gasteiger partial charge in [-0.25, -0.2) is 4.79 Å². The number of hydrogen-bond donors (Lipinski definition) is 0. The summed E-state index contributed by atoms with van der Waals surface area (Å²) in [5.41, 5.74) is 0.621. The fourth-order valence-corrected chi connectivity index (χ4v) is 2.65. The van der Waals surface area contributed by atoms with E-state index in [1.165, 1.54) is 5.56 Å². The Bertz CT molecular complexity index is 591. The zero-order valence-electron chi connectivity index (χ0n) is 15.1. The van der Waals surface area contributed by atoms with Crippen LogP contribution in [-0.4, -0.2) is 42.1 Å². The van der Waals surface area contributed by atoms with E-state index in [0.717, 1.165) is 12.0 Å². The zero-order valence-corrected chi connectivity index (χ0v) is 15.1. The number of amides is 1. The van der Waals surface area contributed by atoms with Crippen molar-refractivity contribution < 1.29 is 19.1 Å². The first-order chi connectivity index (χ1) is 11.2. The maximum absolute atomic E-state index is 12.2. The Morgan fingerprint density at radius 1 is 1.29 bits per heavy atom. The molecule has 24 heavy (non-hydrogen) atoms. The topological polar surface area (TPSA) is 55.8 Å². The minimum absolute atomic E-state index is 0.326. The summed E-state index contributed by atoms with van der Waals surface area (Å²) in [5, 5.41) is 0. The van der Waals surface area contributed by atoms with Crippen molar-refractivity contribution in [1.82, 2.24) is 4.90 Å². The van der Waals surface area contributed by atoms with E-state index in [2.05, 4.69) is 19.9 Å².